The molecule has 1 amide bonds. The summed E-state index contributed by atoms with van der Waals surface area (Å²) < 4.78 is 7.58. The van der Waals surface area contributed by atoms with Gasteiger partial charge in [0.2, 0.25) is 5.91 Å². The molecule has 0 radical (unpaired) electrons. The van der Waals surface area contributed by atoms with Crippen molar-refractivity contribution in [3.05, 3.63) is 24.3 Å². The third-order valence-corrected chi connectivity index (χ3v) is 5.35. The van der Waals surface area contributed by atoms with E-state index in [1.165, 1.54) is 16.5 Å². The maximum Gasteiger partial charge on any atom is 0.233 e. The predicted octanol–water partition coefficient (Wildman–Crippen LogP) is 2.64. The van der Waals surface area contributed by atoms with Crippen molar-refractivity contribution in [2.24, 2.45) is 0 Å². The Morgan fingerprint density at radius 3 is 3.20 bits per heavy atom. The summed E-state index contributed by atoms with van der Waals surface area (Å²) >= 11 is 3.17. The lowest BCUT2D eigenvalue weighted by Crippen LogP contribution is -2.45. The summed E-state index contributed by atoms with van der Waals surface area (Å²) in [6.07, 6.45) is 0.139. The van der Waals surface area contributed by atoms with Crippen LogP contribution in [-0.4, -0.2) is 47.3 Å². The third-order valence-electron chi connectivity index (χ3n) is 3.19. The SMILES string of the molecule is CC1CN(C(=O)CSc2nc3ccccc3s2)CCO1. The van der Waals surface area contributed by atoms with Crippen LogP contribution >= 0.6 is 23.1 Å². The summed E-state index contributed by atoms with van der Waals surface area (Å²) in [5.74, 6) is 0.622. The molecule has 4 nitrogen and oxygen atoms in total. The quantitative estimate of drug-likeness (QED) is 0.818. The second-order valence-corrected chi connectivity index (χ2v) is 7.01. The van der Waals surface area contributed by atoms with Crippen LogP contribution in [0.25, 0.3) is 10.2 Å². The largest absolute Gasteiger partial charge is 0.375 e. The molecule has 0 saturated carbocycles. The Kier molecular flexibility index (Phi) is 4.24. The molecule has 6 heteroatoms. The van der Waals surface area contributed by atoms with Crippen LogP contribution in [-0.2, 0) is 9.53 Å². The Labute approximate surface area is 126 Å². The maximum atomic E-state index is 12.2. The first-order valence-corrected chi connectivity index (χ1v) is 8.40. The summed E-state index contributed by atoms with van der Waals surface area (Å²) in [5, 5.41) is 0. The third kappa shape index (κ3) is 3.13. The molecule has 1 aromatic heterocycles. The van der Waals surface area contributed by atoms with Gasteiger partial charge < -0.3 is 9.64 Å². The first-order chi connectivity index (χ1) is 9.72. The summed E-state index contributed by atoms with van der Waals surface area (Å²) in [6.45, 7) is 4.03. The zero-order valence-electron chi connectivity index (χ0n) is 11.2. The average Bonchev–Trinajstić information content (AvgIpc) is 2.87. The number of hydrogen-bond acceptors (Lipinski definition) is 5. The minimum absolute atomic E-state index is 0.139. The van der Waals surface area contributed by atoms with Crippen LogP contribution in [0.2, 0.25) is 0 Å². The molecule has 1 unspecified atom stereocenters. The average molecular weight is 308 g/mol. The Hall–Kier alpha value is -1.11. The lowest BCUT2D eigenvalue weighted by Gasteiger charge is -2.31. The number of para-hydroxylation sites is 1. The molecule has 0 aliphatic carbocycles. The first-order valence-electron chi connectivity index (χ1n) is 6.60. The number of aromatic nitrogens is 1. The molecule has 106 valence electrons. The van der Waals surface area contributed by atoms with E-state index in [-0.39, 0.29) is 12.0 Å². The van der Waals surface area contributed by atoms with E-state index in [4.69, 9.17) is 4.74 Å². The number of benzene rings is 1. The number of hydrogen-bond donors (Lipinski definition) is 0. The fourth-order valence-corrected chi connectivity index (χ4v) is 4.14. The van der Waals surface area contributed by atoms with Gasteiger partial charge >= 0.3 is 0 Å². The first kappa shape index (κ1) is 13.9. The molecule has 20 heavy (non-hydrogen) atoms. The molecule has 1 saturated heterocycles. The summed E-state index contributed by atoms with van der Waals surface area (Å²) in [7, 11) is 0. The van der Waals surface area contributed by atoms with E-state index in [1.54, 1.807) is 11.3 Å². The van der Waals surface area contributed by atoms with Crippen LogP contribution in [0, 0.1) is 0 Å². The van der Waals surface area contributed by atoms with Gasteiger partial charge in [-0.1, -0.05) is 23.9 Å². The molecule has 0 N–H and O–H groups in total. The number of thioether (sulfide) groups is 1. The molecule has 1 aromatic carbocycles. The highest BCUT2D eigenvalue weighted by Crippen LogP contribution is 2.29. The minimum atomic E-state index is 0.139. The maximum absolute atomic E-state index is 12.2. The fourth-order valence-electron chi connectivity index (χ4n) is 2.17. The minimum Gasteiger partial charge on any atom is -0.375 e. The van der Waals surface area contributed by atoms with Gasteiger partial charge in [0.1, 0.15) is 0 Å². The van der Waals surface area contributed by atoms with Gasteiger partial charge in [-0.15, -0.1) is 11.3 Å². The lowest BCUT2D eigenvalue weighted by molar-refractivity contribution is -0.135. The highest BCUT2D eigenvalue weighted by Gasteiger charge is 2.21. The van der Waals surface area contributed by atoms with Crippen LogP contribution in [0.5, 0.6) is 0 Å². The molecule has 3 rings (SSSR count). The van der Waals surface area contributed by atoms with Gasteiger partial charge in [-0.3, -0.25) is 4.79 Å². The number of carbonyl (C=O) groups is 1. The van der Waals surface area contributed by atoms with E-state index in [2.05, 4.69) is 11.1 Å². The molecular weight excluding hydrogens is 292 g/mol. The Balaban J connectivity index is 1.59. The van der Waals surface area contributed by atoms with Crippen LogP contribution in [0.1, 0.15) is 6.92 Å². The van der Waals surface area contributed by atoms with Crippen molar-refractivity contribution in [1.82, 2.24) is 9.88 Å². The van der Waals surface area contributed by atoms with Gasteiger partial charge in [0.25, 0.3) is 0 Å². The van der Waals surface area contributed by atoms with Crippen LogP contribution < -0.4 is 0 Å². The van der Waals surface area contributed by atoms with E-state index < -0.39 is 0 Å². The standard InChI is InChI=1S/C14H16N2O2S2/c1-10-8-16(6-7-18-10)13(17)9-19-14-15-11-4-2-3-5-12(11)20-14/h2-5,10H,6-9H2,1H3. The molecule has 2 aromatic rings. The van der Waals surface area contributed by atoms with E-state index in [0.29, 0.717) is 25.4 Å². The monoisotopic (exact) mass is 308 g/mol. The van der Waals surface area contributed by atoms with Crippen molar-refractivity contribution in [2.45, 2.75) is 17.4 Å². The van der Waals surface area contributed by atoms with Gasteiger partial charge in [-0.25, -0.2) is 4.98 Å². The number of rotatable bonds is 3. The molecule has 1 fully saturated rings. The van der Waals surface area contributed by atoms with E-state index in [9.17, 15) is 4.79 Å². The van der Waals surface area contributed by atoms with E-state index in [1.807, 2.05) is 30.0 Å². The Morgan fingerprint density at radius 2 is 2.40 bits per heavy atom. The van der Waals surface area contributed by atoms with Gasteiger partial charge in [-0.2, -0.15) is 0 Å². The van der Waals surface area contributed by atoms with E-state index >= 15 is 0 Å². The Bertz CT molecular complexity index is 581. The molecular formula is C14H16N2O2S2. The summed E-state index contributed by atoms with van der Waals surface area (Å²) in [4.78, 5) is 18.6. The molecule has 0 spiro atoms. The van der Waals surface area contributed by atoms with Crippen molar-refractivity contribution in [3.63, 3.8) is 0 Å². The van der Waals surface area contributed by atoms with Crippen LogP contribution in [0.3, 0.4) is 0 Å². The van der Waals surface area contributed by atoms with Crippen molar-refractivity contribution < 1.29 is 9.53 Å². The smallest absolute Gasteiger partial charge is 0.233 e. The fraction of sp³-hybridized carbons (Fsp3) is 0.429. The van der Waals surface area contributed by atoms with Crippen LogP contribution in [0.4, 0.5) is 0 Å². The topological polar surface area (TPSA) is 42.4 Å². The van der Waals surface area contributed by atoms with Crippen molar-refractivity contribution >= 4 is 39.2 Å². The second kappa shape index (κ2) is 6.11. The summed E-state index contributed by atoms with van der Waals surface area (Å²) in [6, 6.07) is 8.05. The molecule has 1 atom stereocenters. The van der Waals surface area contributed by atoms with Crippen molar-refractivity contribution in [2.75, 3.05) is 25.4 Å². The summed E-state index contributed by atoms with van der Waals surface area (Å²) in [5.41, 5.74) is 1.01. The second-order valence-electron chi connectivity index (χ2n) is 4.76. The van der Waals surface area contributed by atoms with Gasteiger partial charge in [0.15, 0.2) is 4.34 Å². The zero-order valence-corrected chi connectivity index (χ0v) is 12.9. The number of thiazole rings is 1. The van der Waals surface area contributed by atoms with Crippen molar-refractivity contribution in [3.8, 4) is 0 Å². The van der Waals surface area contributed by atoms with Gasteiger partial charge in [-0.05, 0) is 19.1 Å². The van der Waals surface area contributed by atoms with Crippen LogP contribution in [0.15, 0.2) is 28.6 Å². The Morgan fingerprint density at radius 1 is 1.55 bits per heavy atom. The predicted molar refractivity (Wildman–Crippen MR) is 82.3 cm³/mol. The van der Waals surface area contributed by atoms with Crippen molar-refractivity contribution in [1.29, 1.82) is 0 Å². The van der Waals surface area contributed by atoms with Gasteiger partial charge in [0.05, 0.1) is 28.7 Å². The number of nitrogens with zero attached hydrogens (tertiary/aromatic N) is 2. The number of amides is 1. The molecule has 1 aliphatic heterocycles. The van der Waals surface area contributed by atoms with E-state index in [0.717, 1.165) is 9.86 Å². The lowest BCUT2D eigenvalue weighted by atomic mass is 10.3. The normalized spacial score (nSPS) is 19.4. The number of morpholine rings is 1. The molecule has 2 heterocycles. The zero-order chi connectivity index (χ0) is 13.9. The highest BCUT2D eigenvalue weighted by atomic mass is 32.2. The number of fused-ring (bicyclic) bond motifs is 1. The number of ether oxygens (including phenoxy) is 1. The number of carbonyl (C=O) groups excluding carboxylic acids is 1. The molecule has 0 bridgehead atoms. The highest BCUT2D eigenvalue weighted by molar-refractivity contribution is 8.01. The molecule has 1 aliphatic rings. The van der Waals surface area contributed by atoms with Gasteiger partial charge in [0, 0.05) is 13.1 Å².